The summed E-state index contributed by atoms with van der Waals surface area (Å²) in [5.74, 6) is 0. The first-order chi connectivity index (χ1) is 4.97. The Morgan fingerprint density at radius 3 is 3.30 bits per heavy atom. The van der Waals surface area contributed by atoms with Crippen molar-refractivity contribution in [1.82, 2.24) is 4.98 Å². The summed E-state index contributed by atoms with van der Waals surface area (Å²) in [6, 6.07) is 0. The largest absolute Gasteiger partial charge is 0.367 e. The Kier molecular flexibility index (Phi) is 1.13. The number of nitrogens with zero attached hydrogens (tertiary/aromatic N) is 2. The Morgan fingerprint density at radius 2 is 2.30 bits per heavy atom. The molecule has 1 aromatic rings. The second kappa shape index (κ2) is 2.10. The van der Waals surface area contributed by atoms with Gasteiger partial charge >= 0.3 is 0 Å². The summed E-state index contributed by atoms with van der Waals surface area (Å²) in [6.45, 7) is 0. The average Bonchev–Trinajstić information content (AvgIpc) is 2.28. The smallest absolute Gasteiger partial charge is 0.0585 e. The van der Waals surface area contributed by atoms with Gasteiger partial charge in [0.1, 0.15) is 0 Å². The molecule has 3 heteroatoms. The van der Waals surface area contributed by atoms with E-state index in [0.717, 1.165) is 12.0 Å². The molecular formula is C7H7N3. The van der Waals surface area contributed by atoms with Gasteiger partial charge in [-0.2, -0.15) is 10.2 Å². The lowest BCUT2D eigenvalue weighted by molar-refractivity contribution is 1.25. The normalized spacial score (nSPS) is 14.8. The number of aromatic nitrogens is 1. The van der Waals surface area contributed by atoms with Crippen LogP contribution in [0.1, 0.15) is 11.1 Å². The number of hydrogen-bond donors (Lipinski definition) is 1. The molecule has 0 atom stereocenters. The molecule has 50 valence electrons. The van der Waals surface area contributed by atoms with Crippen molar-refractivity contribution in [2.45, 2.75) is 6.42 Å². The molecule has 0 radical (unpaired) electrons. The van der Waals surface area contributed by atoms with Crippen molar-refractivity contribution in [3.8, 4) is 0 Å². The molecule has 0 unspecified atom stereocenters. The van der Waals surface area contributed by atoms with Crippen LogP contribution >= 0.6 is 0 Å². The number of H-pyrrole nitrogens is 1. The highest BCUT2D eigenvalue weighted by Gasteiger charge is 2.00. The summed E-state index contributed by atoms with van der Waals surface area (Å²) in [7, 11) is 0. The second-order valence-electron chi connectivity index (χ2n) is 2.18. The van der Waals surface area contributed by atoms with Crippen LogP contribution < -0.4 is 0 Å². The molecule has 0 fully saturated rings. The fraction of sp³-hybridized carbons (Fsp3) is 0.143. The Labute approximate surface area is 58.5 Å². The maximum absolute atomic E-state index is 3.81. The van der Waals surface area contributed by atoms with Crippen LogP contribution in [-0.4, -0.2) is 17.4 Å². The van der Waals surface area contributed by atoms with E-state index in [1.54, 1.807) is 12.4 Å². The number of nitrogens with one attached hydrogen (secondary N) is 1. The van der Waals surface area contributed by atoms with Gasteiger partial charge in [0.25, 0.3) is 0 Å². The second-order valence-corrected chi connectivity index (χ2v) is 2.18. The molecule has 1 N–H and O–H groups in total. The molecule has 0 bridgehead atoms. The van der Waals surface area contributed by atoms with Gasteiger partial charge in [-0.15, -0.1) is 0 Å². The van der Waals surface area contributed by atoms with Crippen LogP contribution in [0.25, 0.3) is 0 Å². The van der Waals surface area contributed by atoms with Crippen LogP contribution in [0.15, 0.2) is 22.6 Å². The SMILES string of the molecule is C1=NN=Cc2c[nH]cc2C1. The highest BCUT2D eigenvalue weighted by molar-refractivity contribution is 5.84. The highest BCUT2D eigenvalue weighted by Crippen LogP contribution is 2.06. The maximum atomic E-state index is 3.81. The molecule has 0 saturated heterocycles. The van der Waals surface area contributed by atoms with Gasteiger partial charge in [-0.25, -0.2) is 0 Å². The molecule has 1 aliphatic rings. The van der Waals surface area contributed by atoms with Gasteiger partial charge in [0, 0.05) is 30.6 Å². The zero-order valence-electron chi connectivity index (χ0n) is 5.41. The molecule has 0 spiro atoms. The molecule has 0 aromatic carbocycles. The van der Waals surface area contributed by atoms with Crippen molar-refractivity contribution in [2.75, 3.05) is 0 Å². The van der Waals surface area contributed by atoms with E-state index < -0.39 is 0 Å². The van der Waals surface area contributed by atoms with E-state index in [2.05, 4.69) is 15.2 Å². The molecule has 0 saturated carbocycles. The first-order valence-corrected chi connectivity index (χ1v) is 3.17. The monoisotopic (exact) mass is 133 g/mol. The lowest BCUT2D eigenvalue weighted by Gasteiger charge is -1.86. The number of hydrogen-bond acceptors (Lipinski definition) is 2. The van der Waals surface area contributed by atoms with E-state index in [9.17, 15) is 0 Å². The molecule has 10 heavy (non-hydrogen) atoms. The molecule has 2 rings (SSSR count). The minimum atomic E-state index is 0.874. The summed E-state index contributed by atoms with van der Waals surface area (Å²) >= 11 is 0. The number of rotatable bonds is 0. The third-order valence-corrected chi connectivity index (χ3v) is 1.52. The molecule has 3 nitrogen and oxygen atoms in total. The Morgan fingerprint density at radius 1 is 1.30 bits per heavy atom. The summed E-state index contributed by atoms with van der Waals surface area (Å²) in [4.78, 5) is 3.02. The van der Waals surface area contributed by atoms with E-state index in [-0.39, 0.29) is 0 Å². The standard InChI is InChI=1S/C7H7N3/c1-2-9-10-5-7-4-8-3-6(1)7/h2-5,8H,1H2. The predicted octanol–water partition coefficient (Wildman–Crippen LogP) is 0.976. The zero-order chi connectivity index (χ0) is 6.81. The molecule has 1 aromatic heterocycles. The van der Waals surface area contributed by atoms with Crippen molar-refractivity contribution >= 4 is 12.4 Å². The van der Waals surface area contributed by atoms with E-state index >= 15 is 0 Å². The Hall–Kier alpha value is -1.38. The quantitative estimate of drug-likeness (QED) is 0.548. The minimum Gasteiger partial charge on any atom is -0.367 e. The highest BCUT2D eigenvalue weighted by atomic mass is 15.2. The number of fused-ring (bicyclic) bond motifs is 1. The first-order valence-electron chi connectivity index (χ1n) is 3.17. The topological polar surface area (TPSA) is 40.5 Å². The summed E-state index contributed by atoms with van der Waals surface area (Å²) in [5.41, 5.74) is 2.39. The van der Waals surface area contributed by atoms with Crippen molar-refractivity contribution in [2.24, 2.45) is 10.2 Å². The van der Waals surface area contributed by atoms with E-state index in [4.69, 9.17) is 0 Å². The summed E-state index contributed by atoms with van der Waals surface area (Å²) in [6.07, 6.45) is 8.33. The van der Waals surface area contributed by atoms with Gasteiger partial charge in [-0.1, -0.05) is 0 Å². The molecule has 0 amide bonds. The van der Waals surface area contributed by atoms with Gasteiger partial charge in [0.15, 0.2) is 0 Å². The Balaban J connectivity index is 2.50. The lowest BCUT2D eigenvalue weighted by atomic mass is 10.2. The van der Waals surface area contributed by atoms with Gasteiger partial charge in [0.05, 0.1) is 6.21 Å². The third kappa shape index (κ3) is 0.757. The zero-order valence-corrected chi connectivity index (χ0v) is 5.41. The van der Waals surface area contributed by atoms with Crippen LogP contribution in [0, 0.1) is 0 Å². The van der Waals surface area contributed by atoms with Gasteiger partial charge < -0.3 is 4.98 Å². The molecule has 1 aliphatic heterocycles. The summed E-state index contributed by atoms with van der Waals surface area (Å²) < 4.78 is 0. The molecule has 0 aliphatic carbocycles. The lowest BCUT2D eigenvalue weighted by Crippen LogP contribution is -1.84. The third-order valence-electron chi connectivity index (χ3n) is 1.52. The van der Waals surface area contributed by atoms with Gasteiger partial charge in [0.2, 0.25) is 0 Å². The van der Waals surface area contributed by atoms with Crippen LogP contribution in [0.4, 0.5) is 0 Å². The molecular weight excluding hydrogens is 126 g/mol. The van der Waals surface area contributed by atoms with Crippen molar-refractivity contribution in [3.05, 3.63) is 23.5 Å². The van der Waals surface area contributed by atoms with Crippen LogP contribution in [0.2, 0.25) is 0 Å². The van der Waals surface area contributed by atoms with Gasteiger partial charge in [-0.05, 0) is 5.56 Å². The van der Waals surface area contributed by atoms with E-state index in [1.807, 2.05) is 12.4 Å². The van der Waals surface area contributed by atoms with Gasteiger partial charge in [-0.3, -0.25) is 0 Å². The van der Waals surface area contributed by atoms with E-state index in [0.29, 0.717) is 0 Å². The number of aromatic amines is 1. The van der Waals surface area contributed by atoms with E-state index in [1.165, 1.54) is 5.56 Å². The Bertz CT molecular complexity index is 283. The summed E-state index contributed by atoms with van der Waals surface area (Å²) in [5, 5.41) is 7.60. The van der Waals surface area contributed by atoms with Crippen molar-refractivity contribution in [3.63, 3.8) is 0 Å². The first kappa shape index (κ1) is 5.41. The van der Waals surface area contributed by atoms with Crippen molar-refractivity contribution < 1.29 is 0 Å². The molecule has 2 heterocycles. The fourth-order valence-corrected chi connectivity index (χ4v) is 0.987. The van der Waals surface area contributed by atoms with Crippen LogP contribution in [0.3, 0.4) is 0 Å². The predicted molar refractivity (Wildman–Crippen MR) is 40.6 cm³/mol. The minimum absolute atomic E-state index is 0.874. The van der Waals surface area contributed by atoms with Crippen LogP contribution in [0.5, 0.6) is 0 Å². The average molecular weight is 133 g/mol. The van der Waals surface area contributed by atoms with Crippen molar-refractivity contribution in [1.29, 1.82) is 0 Å². The maximum Gasteiger partial charge on any atom is 0.0585 e. The van der Waals surface area contributed by atoms with Crippen LogP contribution in [-0.2, 0) is 6.42 Å². The fourth-order valence-electron chi connectivity index (χ4n) is 0.987.